The van der Waals surface area contributed by atoms with E-state index in [1.54, 1.807) is 0 Å². The van der Waals surface area contributed by atoms with Crippen LogP contribution in [0.5, 0.6) is 0 Å². The molecular weight excluding hydrogens is 178 g/mol. The molecule has 76 valence electrons. The van der Waals surface area contributed by atoms with Crippen molar-refractivity contribution < 1.29 is 4.79 Å². The molecule has 4 nitrogen and oxygen atoms in total. The first-order valence-electron chi connectivity index (χ1n) is 5.10. The quantitative estimate of drug-likeness (QED) is 0.782. The Kier molecular flexibility index (Phi) is 2.52. The fraction of sp³-hybridized carbons (Fsp3) is 0.600. The third-order valence-electron chi connectivity index (χ3n) is 2.37. The highest BCUT2D eigenvalue weighted by Gasteiger charge is 2.23. The molecular formula is C10H15N3O. The second-order valence-corrected chi connectivity index (χ2v) is 3.65. The Bertz CT molecular complexity index is 328. The fourth-order valence-electron chi connectivity index (χ4n) is 1.33. The van der Waals surface area contributed by atoms with Crippen LogP contribution >= 0.6 is 0 Å². The molecule has 2 rings (SSSR count). The summed E-state index contributed by atoms with van der Waals surface area (Å²) in [4.78, 5) is 11.0. The van der Waals surface area contributed by atoms with E-state index in [1.807, 2.05) is 23.9 Å². The van der Waals surface area contributed by atoms with Gasteiger partial charge < -0.3 is 5.32 Å². The maximum atomic E-state index is 11.0. The van der Waals surface area contributed by atoms with Gasteiger partial charge in [-0.25, -0.2) is 0 Å². The van der Waals surface area contributed by atoms with Crippen LogP contribution in [-0.2, 0) is 11.3 Å². The monoisotopic (exact) mass is 193 g/mol. The van der Waals surface area contributed by atoms with E-state index in [0.29, 0.717) is 19.0 Å². The summed E-state index contributed by atoms with van der Waals surface area (Å²) in [7, 11) is 0. The smallest absolute Gasteiger partial charge is 0.220 e. The largest absolute Gasteiger partial charge is 0.350 e. The van der Waals surface area contributed by atoms with Gasteiger partial charge in [0.05, 0.1) is 18.3 Å². The summed E-state index contributed by atoms with van der Waals surface area (Å²) >= 11 is 0. The SMILES string of the molecule is CCC(=O)NCc1ccn(C2CC2)n1. The molecule has 1 aromatic heterocycles. The van der Waals surface area contributed by atoms with Gasteiger partial charge in [0.25, 0.3) is 0 Å². The van der Waals surface area contributed by atoms with Crippen LogP contribution in [-0.4, -0.2) is 15.7 Å². The fourth-order valence-corrected chi connectivity index (χ4v) is 1.33. The summed E-state index contributed by atoms with van der Waals surface area (Å²) in [6.45, 7) is 2.39. The van der Waals surface area contributed by atoms with Crippen LogP contribution in [0.4, 0.5) is 0 Å². The van der Waals surface area contributed by atoms with Crippen LogP contribution in [0.25, 0.3) is 0 Å². The molecule has 1 amide bonds. The van der Waals surface area contributed by atoms with Crippen LogP contribution in [0.15, 0.2) is 12.3 Å². The van der Waals surface area contributed by atoms with Gasteiger partial charge in [-0.15, -0.1) is 0 Å². The second kappa shape index (κ2) is 3.82. The van der Waals surface area contributed by atoms with Gasteiger partial charge in [0, 0.05) is 12.6 Å². The predicted molar refractivity (Wildman–Crippen MR) is 52.6 cm³/mol. The lowest BCUT2D eigenvalue weighted by atomic mass is 10.4. The first-order chi connectivity index (χ1) is 6.79. The van der Waals surface area contributed by atoms with Gasteiger partial charge in [0.2, 0.25) is 5.91 Å². The van der Waals surface area contributed by atoms with E-state index in [2.05, 4.69) is 10.4 Å². The topological polar surface area (TPSA) is 46.9 Å². The Balaban J connectivity index is 1.86. The third-order valence-corrected chi connectivity index (χ3v) is 2.37. The first kappa shape index (κ1) is 9.24. The number of hydrogen-bond acceptors (Lipinski definition) is 2. The van der Waals surface area contributed by atoms with Crippen LogP contribution < -0.4 is 5.32 Å². The highest BCUT2D eigenvalue weighted by molar-refractivity contribution is 5.75. The molecule has 1 saturated carbocycles. The van der Waals surface area contributed by atoms with Crippen molar-refractivity contribution in [1.82, 2.24) is 15.1 Å². The number of nitrogens with one attached hydrogen (secondary N) is 1. The normalized spacial score (nSPS) is 15.5. The zero-order valence-electron chi connectivity index (χ0n) is 8.36. The molecule has 0 aromatic carbocycles. The van der Waals surface area contributed by atoms with Crippen molar-refractivity contribution in [3.63, 3.8) is 0 Å². The van der Waals surface area contributed by atoms with Gasteiger partial charge in [-0.3, -0.25) is 9.48 Å². The van der Waals surface area contributed by atoms with E-state index in [1.165, 1.54) is 12.8 Å². The number of rotatable bonds is 4. The zero-order chi connectivity index (χ0) is 9.97. The summed E-state index contributed by atoms with van der Waals surface area (Å²) in [6, 6.07) is 2.58. The molecule has 0 spiro atoms. The van der Waals surface area contributed by atoms with E-state index < -0.39 is 0 Å². The van der Waals surface area contributed by atoms with E-state index in [0.717, 1.165) is 5.69 Å². The maximum Gasteiger partial charge on any atom is 0.220 e. The summed E-state index contributed by atoms with van der Waals surface area (Å²) < 4.78 is 1.99. The van der Waals surface area contributed by atoms with Crippen LogP contribution in [0.2, 0.25) is 0 Å². The lowest BCUT2D eigenvalue weighted by Gasteiger charge is -1.99. The summed E-state index contributed by atoms with van der Waals surface area (Å²) in [6.07, 6.45) is 5.00. The van der Waals surface area contributed by atoms with Crippen molar-refractivity contribution in [3.05, 3.63) is 18.0 Å². The average molecular weight is 193 g/mol. The Labute approximate surface area is 83.3 Å². The molecule has 0 radical (unpaired) electrons. The first-order valence-corrected chi connectivity index (χ1v) is 5.10. The number of amides is 1. The second-order valence-electron chi connectivity index (χ2n) is 3.65. The Morgan fingerprint density at radius 3 is 3.14 bits per heavy atom. The molecule has 1 aromatic rings. The molecule has 1 fully saturated rings. The van der Waals surface area contributed by atoms with Gasteiger partial charge >= 0.3 is 0 Å². The minimum atomic E-state index is 0.0750. The molecule has 0 saturated heterocycles. The van der Waals surface area contributed by atoms with E-state index in [9.17, 15) is 4.79 Å². The van der Waals surface area contributed by atoms with Gasteiger partial charge in [0.15, 0.2) is 0 Å². The number of carbonyl (C=O) groups is 1. The molecule has 1 aliphatic rings. The Morgan fingerprint density at radius 2 is 2.50 bits per heavy atom. The molecule has 0 unspecified atom stereocenters. The molecule has 0 aliphatic heterocycles. The van der Waals surface area contributed by atoms with E-state index >= 15 is 0 Å². The summed E-state index contributed by atoms with van der Waals surface area (Å²) in [5, 5.41) is 7.19. The zero-order valence-corrected chi connectivity index (χ0v) is 8.36. The van der Waals surface area contributed by atoms with Crippen LogP contribution in [0.1, 0.15) is 37.9 Å². The summed E-state index contributed by atoms with van der Waals surface area (Å²) in [5.74, 6) is 0.0750. The van der Waals surface area contributed by atoms with Crippen molar-refractivity contribution in [3.8, 4) is 0 Å². The van der Waals surface area contributed by atoms with Crippen molar-refractivity contribution in [1.29, 1.82) is 0 Å². The average Bonchev–Trinajstić information content (AvgIpc) is 2.95. The van der Waals surface area contributed by atoms with Crippen molar-refractivity contribution >= 4 is 5.91 Å². The Morgan fingerprint density at radius 1 is 1.71 bits per heavy atom. The van der Waals surface area contributed by atoms with Crippen molar-refractivity contribution in [2.24, 2.45) is 0 Å². The highest BCUT2D eigenvalue weighted by Crippen LogP contribution is 2.33. The molecule has 14 heavy (non-hydrogen) atoms. The maximum absolute atomic E-state index is 11.0. The van der Waals surface area contributed by atoms with E-state index in [-0.39, 0.29) is 5.91 Å². The molecule has 0 atom stereocenters. The molecule has 1 aliphatic carbocycles. The predicted octanol–water partition coefficient (Wildman–Crippen LogP) is 1.24. The van der Waals surface area contributed by atoms with Gasteiger partial charge in [0.1, 0.15) is 0 Å². The molecule has 1 N–H and O–H groups in total. The molecule has 0 bridgehead atoms. The lowest BCUT2D eigenvalue weighted by Crippen LogP contribution is -2.21. The van der Waals surface area contributed by atoms with Crippen molar-refractivity contribution in [2.45, 2.75) is 38.8 Å². The molecule has 4 heteroatoms. The third kappa shape index (κ3) is 2.13. The minimum Gasteiger partial charge on any atom is -0.350 e. The number of aromatic nitrogens is 2. The lowest BCUT2D eigenvalue weighted by molar-refractivity contribution is -0.120. The van der Waals surface area contributed by atoms with Crippen LogP contribution in [0.3, 0.4) is 0 Å². The minimum absolute atomic E-state index is 0.0750. The Hall–Kier alpha value is -1.32. The number of hydrogen-bond donors (Lipinski definition) is 1. The highest BCUT2D eigenvalue weighted by atomic mass is 16.1. The van der Waals surface area contributed by atoms with Gasteiger partial charge in [-0.2, -0.15) is 5.10 Å². The standard InChI is InChI=1S/C10H15N3O/c1-2-10(14)11-7-8-5-6-13(12-8)9-3-4-9/h5-6,9H,2-4,7H2,1H3,(H,11,14). The van der Waals surface area contributed by atoms with Gasteiger partial charge in [-0.05, 0) is 18.9 Å². The summed E-state index contributed by atoms with van der Waals surface area (Å²) in [5.41, 5.74) is 0.943. The number of nitrogens with zero attached hydrogens (tertiary/aromatic N) is 2. The van der Waals surface area contributed by atoms with Gasteiger partial charge in [-0.1, -0.05) is 6.92 Å². The van der Waals surface area contributed by atoms with E-state index in [4.69, 9.17) is 0 Å². The number of carbonyl (C=O) groups excluding carboxylic acids is 1. The van der Waals surface area contributed by atoms with Crippen molar-refractivity contribution in [2.75, 3.05) is 0 Å². The molecule has 1 heterocycles. The van der Waals surface area contributed by atoms with Crippen LogP contribution in [0, 0.1) is 0 Å².